The van der Waals surface area contributed by atoms with E-state index in [0.717, 1.165) is 12.1 Å². The van der Waals surface area contributed by atoms with Crippen LogP contribution in [-0.2, 0) is 0 Å². The number of ether oxygens (including phenoxy) is 1. The van der Waals surface area contributed by atoms with Crippen molar-refractivity contribution in [1.29, 1.82) is 0 Å². The van der Waals surface area contributed by atoms with Crippen molar-refractivity contribution in [2.45, 2.75) is 6.92 Å². The maximum Gasteiger partial charge on any atom is 0.196 e. The molecule has 0 unspecified atom stereocenters. The molecule has 0 spiro atoms. The van der Waals surface area contributed by atoms with E-state index in [4.69, 9.17) is 10.5 Å². The highest BCUT2D eigenvalue weighted by atomic mass is 19.1. The van der Waals surface area contributed by atoms with Crippen molar-refractivity contribution in [3.8, 4) is 5.75 Å². The zero-order valence-electron chi connectivity index (χ0n) is 10.8. The lowest BCUT2D eigenvalue weighted by atomic mass is 10.0. The number of nitrogens with two attached hydrogens (primary N) is 1. The van der Waals surface area contributed by atoms with Gasteiger partial charge in [-0.25, -0.2) is 8.78 Å². The Morgan fingerprint density at radius 3 is 2.45 bits per heavy atom. The highest BCUT2D eigenvalue weighted by molar-refractivity contribution is 6.09. The van der Waals surface area contributed by atoms with Crippen LogP contribution in [0, 0.1) is 11.6 Å². The van der Waals surface area contributed by atoms with Crippen LogP contribution in [0.5, 0.6) is 5.75 Å². The van der Waals surface area contributed by atoms with Gasteiger partial charge in [-0.2, -0.15) is 0 Å². The van der Waals surface area contributed by atoms with E-state index in [0.29, 0.717) is 12.4 Å². The molecule has 0 fully saturated rings. The van der Waals surface area contributed by atoms with Crippen LogP contribution in [0.15, 0.2) is 36.4 Å². The second-order valence-corrected chi connectivity index (χ2v) is 4.14. The van der Waals surface area contributed by atoms with Crippen molar-refractivity contribution in [1.82, 2.24) is 0 Å². The first-order valence-corrected chi connectivity index (χ1v) is 6.05. The van der Waals surface area contributed by atoms with Crippen molar-refractivity contribution in [3.05, 3.63) is 59.2 Å². The first kappa shape index (κ1) is 14.0. The summed E-state index contributed by atoms with van der Waals surface area (Å²) in [4.78, 5) is 12.1. The van der Waals surface area contributed by atoms with E-state index in [1.54, 1.807) is 12.1 Å². The third-order valence-corrected chi connectivity index (χ3v) is 2.74. The van der Waals surface area contributed by atoms with Crippen LogP contribution >= 0.6 is 0 Å². The number of hydrogen-bond donors (Lipinski definition) is 1. The Hall–Kier alpha value is -2.43. The molecule has 0 atom stereocenters. The zero-order chi connectivity index (χ0) is 14.7. The van der Waals surface area contributed by atoms with Crippen LogP contribution in [0.2, 0.25) is 0 Å². The van der Waals surface area contributed by atoms with Gasteiger partial charge in [-0.3, -0.25) is 4.79 Å². The van der Waals surface area contributed by atoms with Gasteiger partial charge in [0, 0.05) is 5.56 Å². The molecule has 0 aliphatic carbocycles. The molecule has 5 heteroatoms. The number of nitrogen functional groups attached to an aromatic ring is 1. The lowest BCUT2D eigenvalue weighted by Gasteiger charge is -2.07. The molecule has 0 saturated carbocycles. The predicted octanol–water partition coefficient (Wildman–Crippen LogP) is 3.18. The third-order valence-electron chi connectivity index (χ3n) is 2.74. The Kier molecular flexibility index (Phi) is 3.98. The highest BCUT2D eigenvalue weighted by Crippen LogP contribution is 2.21. The predicted molar refractivity (Wildman–Crippen MR) is 71.8 cm³/mol. The zero-order valence-corrected chi connectivity index (χ0v) is 10.8. The van der Waals surface area contributed by atoms with Gasteiger partial charge in [0.25, 0.3) is 0 Å². The summed E-state index contributed by atoms with van der Waals surface area (Å²) in [5, 5.41) is 0. The highest BCUT2D eigenvalue weighted by Gasteiger charge is 2.17. The summed E-state index contributed by atoms with van der Waals surface area (Å²) >= 11 is 0. The summed E-state index contributed by atoms with van der Waals surface area (Å²) in [6, 6.07) is 7.85. The fourth-order valence-electron chi connectivity index (χ4n) is 1.80. The Labute approximate surface area is 115 Å². The lowest BCUT2D eigenvalue weighted by Crippen LogP contribution is -2.07. The Bertz CT molecular complexity index is 639. The molecular formula is C15H13F2NO2. The minimum atomic E-state index is -0.912. The van der Waals surface area contributed by atoms with E-state index in [9.17, 15) is 13.6 Å². The van der Waals surface area contributed by atoms with Gasteiger partial charge >= 0.3 is 0 Å². The molecule has 0 aliphatic rings. The van der Waals surface area contributed by atoms with Crippen LogP contribution in [0.25, 0.3) is 0 Å². The monoisotopic (exact) mass is 277 g/mol. The Balaban J connectivity index is 2.36. The third kappa shape index (κ3) is 2.77. The van der Waals surface area contributed by atoms with Crippen molar-refractivity contribution in [3.63, 3.8) is 0 Å². The average molecular weight is 277 g/mol. The van der Waals surface area contributed by atoms with Crippen LogP contribution in [0.4, 0.5) is 14.5 Å². The van der Waals surface area contributed by atoms with E-state index < -0.39 is 17.4 Å². The van der Waals surface area contributed by atoms with E-state index in [-0.39, 0.29) is 16.8 Å². The molecule has 0 aliphatic heterocycles. The van der Waals surface area contributed by atoms with Crippen LogP contribution in [0.3, 0.4) is 0 Å². The Morgan fingerprint density at radius 2 is 1.85 bits per heavy atom. The number of rotatable bonds is 4. The van der Waals surface area contributed by atoms with E-state index in [1.807, 2.05) is 6.92 Å². The first-order chi connectivity index (χ1) is 9.52. The van der Waals surface area contributed by atoms with Gasteiger partial charge in [0.15, 0.2) is 11.6 Å². The van der Waals surface area contributed by atoms with Crippen molar-refractivity contribution >= 4 is 11.5 Å². The smallest absolute Gasteiger partial charge is 0.196 e. The number of anilines is 1. The molecule has 0 aromatic heterocycles. The molecule has 2 aromatic rings. The molecule has 0 bridgehead atoms. The minimum Gasteiger partial charge on any atom is -0.494 e. The summed E-state index contributed by atoms with van der Waals surface area (Å²) in [5.74, 6) is -1.69. The Morgan fingerprint density at radius 1 is 1.20 bits per heavy atom. The van der Waals surface area contributed by atoms with Gasteiger partial charge in [-0.05, 0) is 43.3 Å². The minimum absolute atomic E-state index is 0.234. The topological polar surface area (TPSA) is 52.3 Å². The quantitative estimate of drug-likeness (QED) is 0.689. The van der Waals surface area contributed by atoms with Crippen LogP contribution < -0.4 is 10.5 Å². The summed E-state index contributed by atoms with van der Waals surface area (Å²) in [7, 11) is 0. The first-order valence-electron chi connectivity index (χ1n) is 6.05. The normalized spacial score (nSPS) is 10.3. The second-order valence-electron chi connectivity index (χ2n) is 4.14. The van der Waals surface area contributed by atoms with E-state index >= 15 is 0 Å². The van der Waals surface area contributed by atoms with Gasteiger partial charge in [-0.1, -0.05) is 0 Å². The van der Waals surface area contributed by atoms with Crippen molar-refractivity contribution in [2.24, 2.45) is 0 Å². The van der Waals surface area contributed by atoms with Crippen molar-refractivity contribution in [2.75, 3.05) is 12.3 Å². The molecule has 0 radical (unpaired) electrons. The largest absolute Gasteiger partial charge is 0.494 e. The molecule has 0 amide bonds. The van der Waals surface area contributed by atoms with E-state index in [1.165, 1.54) is 12.1 Å². The lowest BCUT2D eigenvalue weighted by molar-refractivity contribution is 0.103. The summed E-state index contributed by atoms with van der Waals surface area (Å²) < 4.78 is 32.3. The van der Waals surface area contributed by atoms with Gasteiger partial charge in [0.05, 0.1) is 17.9 Å². The molecule has 0 saturated heterocycles. The SMILES string of the molecule is CCOc1ccc(C(=O)c2cc(F)cc(N)c2F)cc1. The van der Waals surface area contributed by atoms with Gasteiger partial charge in [0.1, 0.15) is 11.6 Å². The molecule has 2 N–H and O–H groups in total. The van der Waals surface area contributed by atoms with Gasteiger partial charge in [-0.15, -0.1) is 0 Å². The number of ketones is 1. The number of hydrogen-bond acceptors (Lipinski definition) is 3. The molecule has 2 rings (SSSR count). The number of halogens is 2. The average Bonchev–Trinajstić information content (AvgIpc) is 2.43. The summed E-state index contributed by atoms with van der Waals surface area (Å²) in [6.07, 6.45) is 0. The maximum absolute atomic E-state index is 13.8. The fourth-order valence-corrected chi connectivity index (χ4v) is 1.80. The van der Waals surface area contributed by atoms with Gasteiger partial charge in [0.2, 0.25) is 0 Å². The molecular weight excluding hydrogens is 264 g/mol. The maximum atomic E-state index is 13.8. The molecule has 2 aromatic carbocycles. The number of carbonyl (C=O) groups is 1. The standard InChI is InChI=1S/C15H13F2NO2/c1-2-20-11-5-3-9(4-6-11)15(19)12-7-10(16)8-13(18)14(12)17/h3-8H,2,18H2,1H3. The fraction of sp³-hybridized carbons (Fsp3) is 0.133. The summed E-state index contributed by atoms with van der Waals surface area (Å²) in [5.41, 5.74) is 4.78. The molecule has 3 nitrogen and oxygen atoms in total. The second kappa shape index (κ2) is 5.69. The molecule has 0 heterocycles. The van der Waals surface area contributed by atoms with Crippen LogP contribution in [-0.4, -0.2) is 12.4 Å². The van der Waals surface area contributed by atoms with Crippen LogP contribution in [0.1, 0.15) is 22.8 Å². The molecule has 20 heavy (non-hydrogen) atoms. The van der Waals surface area contributed by atoms with Crippen molar-refractivity contribution < 1.29 is 18.3 Å². The van der Waals surface area contributed by atoms with Gasteiger partial charge < -0.3 is 10.5 Å². The number of benzene rings is 2. The summed E-state index contributed by atoms with van der Waals surface area (Å²) in [6.45, 7) is 2.34. The number of carbonyl (C=O) groups excluding carboxylic acids is 1. The van der Waals surface area contributed by atoms with E-state index in [2.05, 4.69) is 0 Å². The molecule has 104 valence electrons.